The number of halogens is 4. The highest BCUT2D eigenvalue weighted by molar-refractivity contribution is 14.1. The number of aromatic nitrogens is 5. The number of hydrogen-bond donors (Lipinski definition) is 2. The number of hydrogen-bond acceptors (Lipinski definition) is 8. The Morgan fingerprint density at radius 1 is 1.08 bits per heavy atom. The van der Waals surface area contributed by atoms with Gasteiger partial charge in [-0.05, 0) is 17.7 Å². The second kappa shape index (κ2) is 11.1. The molecule has 1 saturated heterocycles. The summed E-state index contributed by atoms with van der Waals surface area (Å²) in [7, 11) is 0. The topological polar surface area (TPSA) is 110 Å². The summed E-state index contributed by atoms with van der Waals surface area (Å²) in [6.45, 7) is 5.42. The quantitative estimate of drug-likeness (QED) is 0.227. The number of pyridine rings is 2. The van der Waals surface area contributed by atoms with Crippen LogP contribution in [-0.4, -0.2) is 67.0 Å². The second-order valence-corrected chi connectivity index (χ2v) is 9.86. The predicted octanol–water partition coefficient (Wildman–Crippen LogP) is 4.47. The minimum absolute atomic E-state index is 0.137. The number of nitriles is 1. The highest BCUT2D eigenvalue weighted by atomic mass is 127. The lowest BCUT2D eigenvalue weighted by molar-refractivity contribution is -0.137. The van der Waals surface area contributed by atoms with Gasteiger partial charge in [0, 0.05) is 73.2 Å². The summed E-state index contributed by atoms with van der Waals surface area (Å²) in [5, 5.41) is 12.9. The molecule has 4 aromatic heterocycles. The molecule has 0 spiro atoms. The molecule has 0 unspecified atom stereocenters. The Bertz CT molecular complexity index is 1460. The van der Waals surface area contributed by atoms with Crippen LogP contribution >= 0.6 is 22.6 Å². The van der Waals surface area contributed by atoms with Crippen LogP contribution in [0.4, 0.5) is 24.9 Å². The number of nitrogens with zero attached hydrogens (tertiary/aromatic N) is 7. The van der Waals surface area contributed by atoms with Crippen LogP contribution in [0, 0.1) is 11.3 Å². The van der Waals surface area contributed by atoms with Gasteiger partial charge in [0.05, 0.1) is 23.0 Å². The highest BCUT2D eigenvalue weighted by Gasteiger charge is 2.31. The Morgan fingerprint density at radius 2 is 1.89 bits per heavy atom. The third kappa shape index (κ3) is 5.65. The Kier molecular flexibility index (Phi) is 7.61. The molecule has 2 N–H and O–H groups in total. The second-order valence-electron chi connectivity index (χ2n) is 8.78. The summed E-state index contributed by atoms with van der Waals surface area (Å²) in [6.07, 6.45) is 0.873. The maximum absolute atomic E-state index is 13.3. The van der Waals surface area contributed by atoms with Crippen molar-refractivity contribution < 1.29 is 13.2 Å². The Labute approximate surface area is 230 Å². The number of anilines is 2. The van der Waals surface area contributed by atoms with Gasteiger partial charge in [-0.2, -0.15) is 18.4 Å². The van der Waals surface area contributed by atoms with Crippen molar-refractivity contribution in [3.8, 4) is 17.3 Å². The van der Waals surface area contributed by atoms with E-state index in [9.17, 15) is 18.4 Å². The van der Waals surface area contributed by atoms with Gasteiger partial charge in [0.25, 0.3) is 0 Å². The van der Waals surface area contributed by atoms with E-state index in [-0.39, 0.29) is 28.2 Å². The third-order valence-corrected chi connectivity index (χ3v) is 6.86. The Hall–Kier alpha value is -3.51. The van der Waals surface area contributed by atoms with E-state index in [1.54, 1.807) is 6.20 Å². The zero-order chi connectivity index (χ0) is 26.7. The molecule has 0 aromatic carbocycles. The maximum atomic E-state index is 13.3. The lowest BCUT2D eigenvalue weighted by Crippen LogP contribution is -2.47. The minimum Gasteiger partial charge on any atom is -0.354 e. The Balaban J connectivity index is 1.31. The van der Waals surface area contributed by atoms with Gasteiger partial charge in [-0.1, -0.05) is 28.7 Å². The first kappa shape index (κ1) is 26.1. The van der Waals surface area contributed by atoms with E-state index in [0.29, 0.717) is 12.1 Å². The van der Waals surface area contributed by atoms with Gasteiger partial charge in [-0.15, -0.1) is 0 Å². The van der Waals surface area contributed by atoms with Crippen molar-refractivity contribution in [1.29, 1.82) is 5.26 Å². The fourth-order valence-electron chi connectivity index (χ4n) is 4.32. The molecule has 13 heteroatoms. The van der Waals surface area contributed by atoms with Crippen molar-refractivity contribution in [3.63, 3.8) is 0 Å². The van der Waals surface area contributed by atoms with Crippen LogP contribution in [-0.2, 0) is 12.7 Å². The van der Waals surface area contributed by atoms with Crippen molar-refractivity contribution in [3.05, 3.63) is 59.7 Å². The molecule has 4 aromatic rings. The van der Waals surface area contributed by atoms with E-state index in [0.717, 1.165) is 60.8 Å². The molecule has 9 nitrogen and oxygen atoms in total. The van der Waals surface area contributed by atoms with E-state index in [4.69, 9.17) is 0 Å². The third-order valence-electron chi connectivity index (χ3n) is 6.38. The van der Waals surface area contributed by atoms with Gasteiger partial charge >= 0.3 is 6.18 Å². The standard InChI is InChI=1S/C25H23F3IN9/c26-25(27,28)18-9-19-20(15-33-23(19)32-14-18)22-17(10-30)13-35-24(36-22)34-12-16-1-2-21(31-11-16)38-7-5-37(4-3-29)6-8-38/h1-2,9,11,13-15H,3-8,12H2,(H,32,33)(H,34,35,36). The van der Waals surface area contributed by atoms with Gasteiger partial charge in [0.15, 0.2) is 0 Å². The summed E-state index contributed by atoms with van der Waals surface area (Å²) in [5.74, 6) is 1.18. The lowest BCUT2D eigenvalue weighted by atomic mass is 10.1. The number of piperazine rings is 1. The largest absolute Gasteiger partial charge is 0.417 e. The molecule has 1 aliphatic heterocycles. The molecule has 0 radical (unpaired) electrons. The van der Waals surface area contributed by atoms with Gasteiger partial charge in [0.2, 0.25) is 5.95 Å². The first-order valence-corrected chi connectivity index (χ1v) is 13.4. The molecule has 0 amide bonds. The van der Waals surface area contributed by atoms with Crippen molar-refractivity contribution in [2.75, 3.05) is 47.4 Å². The van der Waals surface area contributed by atoms with Crippen LogP contribution in [0.2, 0.25) is 0 Å². The summed E-state index contributed by atoms with van der Waals surface area (Å²) in [4.78, 5) is 24.7. The van der Waals surface area contributed by atoms with E-state index >= 15 is 0 Å². The van der Waals surface area contributed by atoms with Crippen LogP contribution < -0.4 is 10.2 Å². The summed E-state index contributed by atoms with van der Waals surface area (Å²) < 4.78 is 40.9. The molecular formula is C25H23F3IN9. The van der Waals surface area contributed by atoms with Crippen LogP contribution in [0.5, 0.6) is 0 Å². The highest BCUT2D eigenvalue weighted by Crippen LogP contribution is 2.34. The summed E-state index contributed by atoms with van der Waals surface area (Å²) in [6, 6.07) is 7.00. The number of nitrogens with one attached hydrogen (secondary N) is 2. The lowest BCUT2D eigenvalue weighted by Gasteiger charge is -2.35. The molecule has 196 valence electrons. The molecule has 5 rings (SSSR count). The van der Waals surface area contributed by atoms with Crippen molar-refractivity contribution in [2.45, 2.75) is 12.7 Å². The zero-order valence-corrected chi connectivity index (χ0v) is 22.3. The monoisotopic (exact) mass is 633 g/mol. The summed E-state index contributed by atoms with van der Waals surface area (Å²) in [5.41, 5.74) is 0.993. The smallest absolute Gasteiger partial charge is 0.354 e. The number of rotatable bonds is 7. The van der Waals surface area contributed by atoms with E-state index < -0.39 is 11.7 Å². The first-order valence-electron chi connectivity index (χ1n) is 11.9. The predicted molar refractivity (Wildman–Crippen MR) is 146 cm³/mol. The van der Waals surface area contributed by atoms with Crippen molar-refractivity contribution in [2.24, 2.45) is 0 Å². The molecular weight excluding hydrogens is 610 g/mol. The average Bonchev–Trinajstić information content (AvgIpc) is 3.35. The van der Waals surface area contributed by atoms with Crippen LogP contribution in [0.15, 0.2) is 43.0 Å². The molecule has 1 fully saturated rings. The van der Waals surface area contributed by atoms with Crippen LogP contribution in [0.1, 0.15) is 16.7 Å². The number of H-pyrrole nitrogens is 1. The molecule has 1 aliphatic rings. The van der Waals surface area contributed by atoms with Gasteiger partial charge in [-0.3, -0.25) is 4.90 Å². The molecule has 0 atom stereocenters. The van der Waals surface area contributed by atoms with Crippen LogP contribution in [0.3, 0.4) is 0 Å². The number of fused-ring (bicyclic) bond motifs is 1. The average molecular weight is 633 g/mol. The molecule has 0 saturated carbocycles. The fourth-order valence-corrected chi connectivity index (χ4v) is 5.00. The SMILES string of the molecule is N#Cc1cnc(NCc2ccc(N3CCN(CCI)CC3)nc2)nc1-c1c[nH]c2ncc(C(F)(F)F)cc12. The van der Waals surface area contributed by atoms with Gasteiger partial charge in [-0.25, -0.2) is 19.9 Å². The van der Waals surface area contributed by atoms with Gasteiger partial charge < -0.3 is 15.2 Å². The van der Waals surface area contributed by atoms with E-state index in [1.165, 1.54) is 12.4 Å². The van der Waals surface area contributed by atoms with Crippen molar-refractivity contribution >= 4 is 45.4 Å². The van der Waals surface area contributed by atoms with Crippen molar-refractivity contribution in [1.82, 2.24) is 29.8 Å². The number of aromatic amines is 1. The van der Waals surface area contributed by atoms with E-state index in [2.05, 4.69) is 62.6 Å². The molecule has 38 heavy (non-hydrogen) atoms. The summed E-state index contributed by atoms with van der Waals surface area (Å²) >= 11 is 2.40. The fraction of sp³-hybridized carbons (Fsp3) is 0.320. The normalized spacial score (nSPS) is 14.6. The maximum Gasteiger partial charge on any atom is 0.417 e. The van der Waals surface area contributed by atoms with E-state index in [1.807, 2.05) is 18.2 Å². The minimum atomic E-state index is -4.54. The number of alkyl halides is 4. The molecule has 5 heterocycles. The Morgan fingerprint density at radius 3 is 2.58 bits per heavy atom. The van der Waals surface area contributed by atoms with Crippen LogP contribution in [0.25, 0.3) is 22.3 Å². The zero-order valence-electron chi connectivity index (χ0n) is 20.1. The van der Waals surface area contributed by atoms with Gasteiger partial charge in [0.1, 0.15) is 17.5 Å². The molecule has 0 bridgehead atoms. The molecule has 0 aliphatic carbocycles. The first-order chi connectivity index (χ1) is 18.4.